The van der Waals surface area contributed by atoms with Crippen LogP contribution in [0.1, 0.15) is 12.8 Å². The van der Waals surface area contributed by atoms with Gasteiger partial charge in [0.05, 0.1) is 16.7 Å². The summed E-state index contributed by atoms with van der Waals surface area (Å²) in [5.41, 5.74) is 11.3. The number of aromatic nitrogens is 1. The van der Waals surface area contributed by atoms with Crippen LogP contribution in [0.15, 0.2) is 180 Å². The monoisotopic (exact) mass is 628 g/mol. The molecule has 0 saturated heterocycles. The van der Waals surface area contributed by atoms with E-state index >= 15 is 0 Å². The number of hydrogen-bond donors (Lipinski definition) is 0. The van der Waals surface area contributed by atoms with Crippen LogP contribution >= 0.6 is 0 Å². The number of benzene rings is 7. The number of allylic oxidation sites excluding steroid dienone is 3. The van der Waals surface area contributed by atoms with E-state index in [1.165, 1.54) is 55.1 Å². The minimum atomic E-state index is 0.909. The van der Waals surface area contributed by atoms with Crippen molar-refractivity contribution < 1.29 is 4.42 Å². The summed E-state index contributed by atoms with van der Waals surface area (Å²) < 4.78 is 8.53. The van der Waals surface area contributed by atoms with E-state index in [0.29, 0.717) is 0 Å². The third-order valence-electron chi connectivity index (χ3n) is 9.99. The van der Waals surface area contributed by atoms with Crippen molar-refractivity contribution in [1.82, 2.24) is 4.57 Å². The first-order valence-electron chi connectivity index (χ1n) is 17.0. The van der Waals surface area contributed by atoms with Gasteiger partial charge in [0, 0.05) is 44.0 Å². The zero-order valence-corrected chi connectivity index (χ0v) is 26.9. The molecule has 1 aliphatic rings. The van der Waals surface area contributed by atoms with Crippen LogP contribution in [0.3, 0.4) is 0 Å². The van der Waals surface area contributed by atoms with E-state index in [0.717, 1.165) is 46.2 Å². The molecule has 0 saturated carbocycles. The lowest BCUT2D eigenvalue weighted by Crippen LogP contribution is -2.16. The normalized spacial score (nSPS) is 13.2. The second kappa shape index (κ2) is 11.1. The third-order valence-corrected chi connectivity index (χ3v) is 9.99. The summed E-state index contributed by atoms with van der Waals surface area (Å²) in [6.45, 7) is 0. The quantitative estimate of drug-likeness (QED) is 0.189. The van der Waals surface area contributed by atoms with Crippen molar-refractivity contribution >= 4 is 65.9 Å². The SMILES string of the molecule is C1=CC(N(c2ccc(-c3ccc4c(c3)c3ccccc3n4-c3ccc4oc5ccccc5c4c3)cc2)c2cccc3ccccc23)=CCC1. The molecular formula is C46H32N2O. The Morgan fingerprint density at radius 3 is 2.12 bits per heavy atom. The molecule has 49 heavy (non-hydrogen) atoms. The zero-order chi connectivity index (χ0) is 32.3. The summed E-state index contributed by atoms with van der Waals surface area (Å²) in [5.74, 6) is 0. The average Bonchev–Trinajstić information content (AvgIpc) is 3.71. The summed E-state index contributed by atoms with van der Waals surface area (Å²) in [7, 11) is 0. The second-order valence-corrected chi connectivity index (χ2v) is 12.9. The first-order chi connectivity index (χ1) is 24.3. The van der Waals surface area contributed by atoms with Gasteiger partial charge in [-0.05, 0) is 96.1 Å². The van der Waals surface area contributed by atoms with Crippen LogP contribution < -0.4 is 4.90 Å². The van der Waals surface area contributed by atoms with Crippen molar-refractivity contribution in [3.05, 3.63) is 176 Å². The van der Waals surface area contributed by atoms with E-state index in [9.17, 15) is 0 Å². The Labute approximate surface area is 284 Å². The molecule has 0 aliphatic heterocycles. The minimum absolute atomic E-state index is 0.909. The van der Waals surface area contributed by atoms with Gasteiger partial charge in [0.2, 0.25) is 0 Å². The molecule has 1 aliphatic carbocycles. The maximum absolute atomic E-state index is 6.15. The van der Waals surface area contributed by atoms with Crippen LogP contribution in [-0.4, -0.2) is 4.57 Å². The van der Waals surface area contributed by atoms with E-state index in [4.69, 9.17) is 4.42 Å². The van der Waals surface area contributed by atoms with E-state index in [1.807, 2.05) is 12.1 Å². The summed E-state index contributed by atoms with van der Waals surface area (Å²) in [6, 6.07) is 54.7. The zero-order valence-electron chi connectivity index (χ0n) is 26.9. The molecule has 0 amide bonds. The summed E-state index contributed by atoms with van der Waals surface area (Å²) >= 11 is 0. The maximum atomic E-state index is 6.15. The van der Waals surface area contributed by atoms with Crippen molar-refractivity contribution in [1.29, 1.82) is 0 Å². The van der Waals surface area contributed by atoms with Crippen molar-refractivity contribution in [3.63, 3.8) is 0 Å². The van der Waals surface area contributed by atoms with Crippen LogP contribution in [0.5, 0.6) is 0 Å². The molecule has 10 rings (SSSR count). The Morgan fingerprint density at radius 1 is 0.510 bits per heavy atom. The topological polar surface area (TPSA) is 21.3 Å². The maximum Gasteiger partial charge on any atom is 0.135 e. The van der Waals surface area contributed by atoms with E-state index in [2.05, 4.69) is 167 Å². The smallest absolute Gasteiger partial charge is 0.135 e. The first-order valence-corrected chi connectivity index (χ1v) is 17.0. The van der Waals surface area contributed by atoms with Crippen molar-refractivity contribution in [3.8, 4) is 16.8 Å². The van der Waals surface area contributed by atoms with Gasteiger partial charge in [0.1, 0.15) is 11.2 Å². The fraction of sp³-hybridized carbons (Fsp3) is 0.0435. The molecule has 0 unspecified atom stereocenters. The molecule has 3 heteroatoms. The predicted molar refractivity (Wildman–Crippen MR) is 206 cm³/mol. The lowest BCUT2D eigenvalue weighted by Gasteiger charge is -2.29. The number of hydrogen-bond acceptors (Lipinski definition) is 2. The van der Waals surface area contributed by atoms with Crippen LogP contribution in [0, 0.1) is 0 Å². The number of furan rings is 1. The Morgan fingerprint density at radius 2 is 1.24 bits per heavy atom. The molecule has 0 atom stereocenters. The lowest BCUT2D eigenvalue weighted by atomic mass is 10.0. The fourth-order valence-electron chi connectivity index (χ4n) is 7.68. The number of nitrogens with zero attached hydrogens (tertiary/aromatic N) is 2. The Kier molecular flexibility index (Phi) is 6.31. The highest BCUT2D eigenvalue weighted by Gasteiger charge is 2.18. The molecule has 2 heterocycles. The minimum Gasteiger partial charge on any atom is -0.456 e. The summed E-state index contributed by atoms with van der Waals surface area (Å²) in [6.07, 6.45) is 9.02. The molecule has 232 valence electrons. The summed E-state index contributed by atoms with van der Waals surface area (Å²) in [5, 5.41) is 7.24. The molecule has 0 fully saturated rings. The fourth-order valence-corrected chi connectivity index (χ4v) is 7.68. The van der Waals surface area contributed by atoms with E-state index < -0.39 is 0 Å². The van der Waals surface area contributed by atoms with Gasteiger partial charge in [-0.1, -0.05) is 103 Å². The van der Waals surface area contributed by atoms with Crippen LogP contribution in [0.4, 0.5) is 11.4 Å². The van der Waals surface area contributed by atoms with Gasteiger partial charge >= 0.3 is 0 Å². The predicted octanol–water partition coefficient (Wildman–Crippen LogP) is 12.9. The van der Waals surface area contributed by atoms with Crippen LogP contribution in [0.2, 0.25) is 0 Å². The molecule has 0 bridgehead atoms. The molecule has 3 nitrogen and oxygen atoms in total. The van der Waals surface area contributed by atoms with E-state index in [-0.39, 0.29) is 0 Å². The van der Waals surface area contributed by atoms with Crippen molar-refractivity contribution in [2.45, 2.75) is 12.8 Å². The van der Waals surface area contributed by atoms with Crippen LogP contribution in [-0.2, 0) is 0 Å². The van der Waals surface area contributed by atoms with Crippen LogP contribution in [0.25, 0.3) is 71.3 Å². The van der Waals surface area contributed by atoms with Gasteiger partial charge in [0.25, 0.3) is 0 Å². The van der Waals surface area contributed by atoms with Gasteiger partial charge in [-0.3, -0.25) is 0 Å². The Hall–Kier alpha value is -6.32. The molecule has 0 radical (unpaired) electrons. The average molecular weight is 629 g/mol. The highest BCUT2D eigenvalue weighted by molar-refractivity contribution is 6.11. The highest BCUT2D eigenvalue weighted by Crippen LogP contribution is 2.40. The van der Waals surface area contributed by atoms with E-state index in [1.54, 1.807) is 0 Å². The third kappa shape index (κ3) is 4.51. The Balaban J connectivity index is 1.08. The Bertz CT molecular complexity index is 2770. The highest BCUT2D eigenvalue weighted by atomic mass is 16.3. The molecule has 0 N–H and O–H groups in total. The van der Waals surface area contributed by atoms with Gasteiger partial charge in [-0.2, -0.15) is 0 Å². The van der Waals surface area contributed by atoms with Gasteiger partial charge in [0.15, 0.2) is 0 Å². The second-order valence-electron chi connectivity index (χ2n) is 12.9. The lowest BCUT2D eigenvalue weighted by molar-refractivity contribution is 0.669. The molecular weight excluding hydrogens is 597 g/mol. The first kappa shape index (κ1) is 27.8. The van der Waals surface area contributed by atoms with Crippen molar-refractivity contribution in [2.75, 3.05) is 4.90 Å². The molecule has 7 aromatic carbocycles. The van der Waals surface area contributed by atoms with Gasteiger partial charge in [-0.25, -0.2) is 0 Å². The van der Waals surface area contributed by atoms with Crippen molar-refractivity contribution in [2.24, 2.45) is 0 Å². The summed E-state index contributed by atoms with van der Waals surface area (Å²) in [4.78, 5) is 2.40. The van der Waals surface area contributed by atoms with Gasteiger partial charge < -0.3 is 13.9 Å². The standard InChI is InChI=1S/C46H32N2O/c1-2-13-34(14-3-1)47(42-19-10-12-32-11-4-5-15-37(32)42)35-24-21-31(22-25-35)33-23-27-44-40(29-33)38-16-6-8-18-43(38)48(44)36-26-28-46-41(30-36)39-17-7-9-20-45(39)49-46/h2,4-30H,1,3H2. The molecule has 9 aromatic rings. The largest absolute Gasteiger partial charge is 0.456 e. The number of anilines is 2. The van der Waals surface area contributed by atoms with Gasteiger partial charge in [-0.15, -0.1) is 0 Å². The number of para-hydroxylation sites is 2. The molecule has 2 aromatic heterocycles. The number of rotatable bonds is 5. The number of fused-ring (bicyclic) bond motifs is 7. The molecule has 0 spiro atoms.